The van der Waals surface area contributed by atoms with Crippen LogP contribution in [-0.2, 0) is 4.79 Å². The summed E-state index contributed by atoms with van der Waals surface area (Å²) >= 11 is 1.61. The van der Waals surface area contributed by atoms with Gasteiger partial charge < -0.3 is 10.6 Å². The number of aromatic nitrogens is 2. The quantitative estimate of drug-likeness (QED) is 0.761. The van der Waals surface area contributed by atoms with Crippen molar-refractivity contribution in [2.45, 2.75) is 6.42 Å². The van der Waals surface area contributed by atoms with E-state index < -0.39 is 0 Å². The Hall–Kier alpha value is -2.18. The summed E-state index contributed by atoms with van der Waals surface area (Å²) in [6.45, 7) is 0.676. The lowest BCUT2D eigenvalue weighted by Crippen LogP contribution is -2.18. The van der Waals surface area contributed by atoms with Crippen LogP contribution in [0.5, 0.6) is 0 Å². The zero-order valence-corrected chi connectivity index (χ0v) is 12.5. The van der Waals surface area contributed by atoms with Gasteiger partial charge in [0.05, 0.1) is 5.69 Å². The third-order valence-electron chi connectivity index (χ3n) is 3.16. The highest BCUT2D eigenvalue weighted by molar-refractivity contribution is 7.15. The van der Waals surface area contributed by atoms with Crippen molar-refractivity contribution in [3.8, 4) is 11.3 Å². The molecular formula is C15H16N4OS. The molecule has 0 aliphatic carbocycles. The van der Waals surface area contributed by atoms with Crippen LogP contribution in [0.4, 0.5) is 5.69 Å². The Balaban J connectivity index is 1.71. The van der Waals surface area contributed by atoms with Gasteiger partial charge in [-0.3, -0.25) is 9.20 Å². The number of nitrogens with one attached hydrogen (secondary N) is 2. The zero-order valence-electron chi connectivity index (χ0n) is 11.7. The van der Waals surface area contributed by atoms with Crippen molar-refractivity contribution < 1.29 is 4.79 Å². The smallest absolute Gasteiger partial charge is 0.225 e. The molecule has 2 heterocycles. The fourth-order valence-corrected chi connectivity index (χ4v) is 2.75. The Bertz CT molecular complexity index is 716. The van der Waals surface area contributed by atoms with Gasteiger partial charge in [0.25, 0.3) is 0 Å². The van der Waals surface area contributed by atoms with Gasteiger partial charge in [0.15, 0.2) is 4.96 Å². The predicted octanol–water partition coefficient (Wildman–Crippen LogP) is 2.61. The van der Waals surface area contributed by atoms with Gasteiger partial charge in [0.2, 0.25) is 5.91 Å². The highest BCUT2D eigenvalue weighted by Crippen LogP contribution is 2.23. The van der Waals surface area contributed by atoms with Crippen molar-refractivity contribution in [2.75, 3.05) is 18.9 Å². The maximum atomic E-state index is 11.6. The zero-order chi connectivity index (χ0) is 14.7. The van der Waals surface area contributed by atoms with E-state index >= 15 is 0 Å². The van der Waals surface area contributed by atoms with E-state index in [-0.39, 0.29) is 5.91 Å². The molecular weight excluding hydrogens is 284 g/mol. The highest BCUT2D eigenvalue weighted by atomic mass is 32.1. The van der Waals surface area contributed by atoms with E-state index in [1.54, 1.807) is 11.3 Å². The highest BCUT2D eigenvalue weighted by Gasteiger charge is 2.06. The number of nitrogens with zero attached hydrogens (tertiary/aromatic N) is 2. The van der Waals surface area contributed by atoms with E-state index in [1.165, 1.54) is 0 Å². The molecule has 0 radical (unpaired) electrons. The van der Waals surface area contributed by atoms with Crippen LogP contribution in [0.15, 0.2) is 42.0 Å². The van der Waals surface area contributed by atoms with Crippen molar-refractivity contribution in [1.82, 2.24) is 14.7 Å². The molecule has 6 heteroatoms. The van der Waals surface area contributed by atoms with Crippen LogP contribution in [0.25, 0.3) is 16.2 Å². The molecule has 0 fully saturated rings. The number of amides is 1. The molecule has 0 atom stereocenters. The van der Waals surface area contributed by atoms with E-state index in [0.29, 0.717) is 13.0 Å². The van der Waals surface area contributed by atoms with Crippen LogP contribution in [-0.4, -0.2) is 28.9 Å². The van der Waals surface area contributed by atoms with Gasteiger partial charge in [-0.15, -0.1) is 11.3 Å². The number of rotatable bonds is 5. The maximum absolute atomic E-state index is 11.6. The Morgan fingerprint density at radius 1 is 1.33 bits per heavy atom. The first-order valence-electron chi connectivity index (χ1n) is 6.73. The van der Waals surface area contributed by atoms with Crippen molar-refractivity contribution in [3.63, 3.8) is 0 Å². The molecule has 5 nitrogen and oxygen atoms in total. The summed E-state index contributed by atoms with van der Waals surface area (Å²) in [5.41, 5.74) is 2.79. The number of imidazole rings is 1. The summed E-state index contributed by atoms with van der Waals surface area (Å²) in [5, 5.41) is 7.84. The van der Waals surface area contributed by atoms with Crippen molar-refractivity contribution in [2.24, 2.45) is 0 Å². The molecule has 108 valence electrons. The van der Waals surface area contributed by atoms with Gasteiger partial charge >= 0.3 is 0 Å². The van der Waals surface area contributed by atoms with E-state index in [0.717, 1.165) is 21.9 Å². The van der Waals surface area contributed by atoms with Gasteiger partial charge in [0.1, 0.15) is 0 Å². The summed E-state index contributed by atoms with van der Waals surface area (Å²) in [7, 11) is 1.83. The molecule has 0 unspecified atom stereocenters. The molecule has 1 amide bonds. The van der Waals surface area contributed by atoms with Gasteiger partial charge in [-0.05, 0) is 19.2 Å². The van der Waals surface area contributed by atoms with E-state index in [1.807, 2.05) is 53.5 Å². The second-order valence-corrected chi connectivity index (χ2v) is 5.57. The predicted molar refractivity (Wildman–Crippen MR) is 85.7 cm³/mol. The maximum Gasteiger partial charge on any atom is 0.225 e. The van der Waals surface area contributed by atoms with Crippen molar-refractivity contribution >= 4 is 27.9 Å². The summed E-state index contributed by atoms with van der Waals surface area (Å²) in [5.74, 6) is 0.0135. The molecule has 3 aromatic rings. The van der Waals surface area contributed by atoms with Crippen LogP contribution < -0.4 is 10.6 Å². The van der Waals surface area contributed by atoms with Crippen LogP contribution in [0.1, 0.15) is 6.42 Å². The van der Waals surface area contributed by atoms with Crippen LogP contribution in [0, 0.1) is 0 Å². The Kier molecular flexibility index (Phi) is 3.98. The number of anilines is 1. The minimum Gasteiger partial charge on any atom is -0.326 e. The Labute approximate surface area is 126 Å². The molecule has 0 spiro atoms. The minimum absolute atomic E-state index is 0.0135. The molecule has 0 bridgehead atoms. The van der Waals surface area contributed by atoms with Gasteiger partial charge in [-0.2, -0.15) is 0 Å². The number of carbonyl (C=O) groups excluding carboxylic acids is 1. The van der Waals surface area contributed by atoms with E-state index in [9.17, 15) is 4.79 Å². The number of thiazole rings is 1. The summed E-state index contributed by atoms with van der Waals surface area (Å²) < 4.78 is 2.01. The summed E-state index contributed by atoms with van der Waals surface area (Å²) in [4.78, 5) is 17.2. The lowest BCUT2D eigenvalue weighted by molar-refractivity contribution is -0.116. The number of hydrogen-bond acceptors (Lipinski definition) is 4. The van der Waals surface area contributed by atoms with Crippen LogP contribution in [0.3, 0.4) is 0 Å². The standard InChI is InChI=1S/C15H16N4OS/c1-16-7-6-14(20)17-12-4-2-11(3-5-12)13-10-19-8-9-21-15(19)18-13/h2-5,8-10,16H,6-7H2,1H3,(H,17,20). The second-order valence-electron chi connectivity index (χ2n) is 4.70. The molecule has 0 aliphatic rings. The number of fused-ring (bicyclic) bond motifs is 1. The second kappa shape index (κ2) is 6.07. The van der Waals surface area contributed by atoms with Gasteiger partial charge in [-0.1, -0.05) is 12.1 Å². The molecule has 0 saturated carbocycles. The fourth-order valence-electron chi connectivity index (χ4n) is 2.05. The lowest BCUT2D eigenvalue weighted by atomic mass is 10.1. The van der Waals surface area contributed by atoms with Gasteiger partial charge in [0, 0.05) is 42.0 Å². The molecule has 2 aromatic heterocycles. The summed E-state index contributed by atoms with van der Waals surface area (Å²) in [6, 6.07) is 7.75. The molecule has 1 aromatic carbocycles. The SMILES string of the molecule is CNCCC(=O)Nc1ccc(-c2cn3ccsc3n2)cc1. The molecule has 0 aliphatic heterocycles. The average molecular weight is 300 g/mol. The van der Waals surface area contributed by atoms with Crippen LogP contribution in [0.2, 0.25) is 0 Å². The number of carbonyl (C=O) groups is 1. The van der Waals surface area contributed by atoms with Crippen molar-refractivity contribution in [3.05, 3.63) is 42.0 Å². The minimum atomic E-state index is 0.0135. The molecule has 3 rings (SSSR count). The average Bonchev–Trinajstić information content (AvgIpc) is 3.07. The van der Waals surface area contributed by atoms with E-state index in [4.69, 9.17) is 0 Å². The fraction of sp³-hybridized carbons (Fsp3) is 0.200. The van der Waals surface area contributed by atoms with E-state index in [2.05, 4.69) is 15.6 Å². The largest absolute Gasteiger partial charge is 0.326 e. The molecule has 2 N–H and O–H groups in total. The first-order chi connectivity index (χ1) is 10.3. The topological polar surface area (TPSA) is 58.4 Å². The first kappa shape index (κ1) is 13.8. The lowest BCUT2D eigenvalue weighted by Gasteiger charge is -2.05. The van der Waals surface area contributed by atoms with Crippen molar-refractivity contribution in [1.29, 1.82) is 0 Å². The van der Waals surface area contributed by atoms with Crippen LogP contribution >= 0.6 is 11.3 Å². The Morgan fingerprint density at radius 3 is 2.86 bits per heavy atom. The van der Waals surface area contributed by atoms with Gasteiger partial charge in [-0.25, -0.2) is 4.98 Å². The normalized spacial score (nSPS) is 10.9. The first-order valence-corrected chi connectivity index (χ1v) is 7.61. The molecule has 21 heavy (non-hydrogen) atoms. The molecule has 0 saturated heterocycles. The third-order valence-corrected chi connectivity index (χ3v) is 3.93. The third kappa shape index (κ3) is 3.12. The monoisotopic (exact) mass is 300 g/mol. The number of benzene rings is 1. The Morgan fingerprint density at radius 2 is 2.14 bits per heavy atom. The summed E-state index contributed by atoms with van der Waals surface area (Å²) in [6.07, 6.45) is 4.47. The number of hydrogen-bond donors (Lipinski definition) is 2.